The fourth-order valence-electron chi connectivity index (χ4n) is 1.05. The maximum absolute atomic E-state index is 11.0. The van der Waals surface area contributed by atoms with Crippen molar-refractivity contribution in [3.05, 3.63) is 18.2 Å². The van der Waals surface area contributed by atoms with Gasteiger partial charge in [-0.15, -0.1) is 0 Å². The molecule has 5 N–H and O–H groups in total. The predicted molar refractivity (Wildman–Crippen MR) is 59.6 cm³/mol. The molecule has 0 aliphatic heterocycles. The van der Waals surface area contributed by atoms with Crippen LogP contribution >= 0.6 is 15.2 Å². The molecule has 0 aromatic heterocycles. The molecule has 0 radical (unpaired) electrons. The van der Waals surface area contributed by atoms with Gasteiger partial charge in [0.1, 0.15) is 0 Å². The first kappa shape index (κ1) is 15.5. The summed E-state index contributed by atoms with van der Waals surface area (Å²) in [6.45, 7) is 0. The topological polar surface area (TPSA) is 169 Å². The summed E-state index contributed by atoms with van der Waals surface area (Å²) in [5.41, 5.74) is 0. The van der Waals surface area contributed by atoms with Gasteiger partial charge in [-0.05, 0) is 18.2 Å². The molecule has 1 aromatic carbocycles. The van der Waals surface area contributed by atoms with Crippen molar-refractivity contribution in [1.82, 2.24) is 0 Å². The van der Waals surface area contributed by atoms with Gasteiger partial charge in [0.25, 0.3) is 10.1 Å². The number of benzene rings is 1. The minimum atomic E-state index is -4.93. The molecular weight excluding hydrogens is 310 g/mol. The van der Waals surface area contributed by atoms with Crippen molar-refractivity contribution < 1.29 is 41.7 Å². The van der Waals surface area contributed by atoms with Gasteiger partial charge in [-0.2, -0.15) is 8.42 Å². The Labute approximate surface area is 101 Å². The van der Waals surface area contributed by atoms with Crippen LogP contribution in [0, 0.1) is 0 Å². The first-order valence-corrected chi connectivity index (χ1v) is 8.73. The first-order chi connectivity index (χ1) is 7.82. The van der Waals surface area contributed by atoms with Crippen LogP contribution in [-0.2, 0) is 19.2 Å². The van der Waals surface area contributed by atoms with Crippen molar-refractivity contribution in [2.75, 3.05) is 0 Å². The minimum absolute atomic E-state index is 0.440. The third-order valence-electron chi connectivity index (χ3n) is 1.85. The fourth-order valence-corrected chi connectivity index (χ4v) is 3.11. The maximum Gasteiger partial charge on any atom is 0.356 e. The molecule has 0 spiro atoms. The highest BCUT2D eigenvalue weighted by molar-refractivity contribution is 7.86. The summed E-state index contributed by atoms with van der Waals surface area (Å²) < 4.78 is 52.3. The van der Waals surface area contributed by atoms with Crippen molar-refractivity contribution in [2.24, 2.45) is 0 Å². The molecule has 0 amide bonds. The van der Waals surface area contributed by atoms with Crippen LogP contribution in [0.25, 0.3) is 0 Å². The minimum Gasteiger partial charge on any atom is -0.321 e. The van der Waals surface area contributed by atoms with Gasteiger partial charge < -0.3 is 19.6 Å². The molecule has 0 aliphatic carbocycles. The van der Waals surface area contributed by atoms with Gasteiger partial charge in [0.05, 0.1) is 15.5 Å². The molecule has 0 bridgehead atoms. The zero-order chi connectivity index (χ0) is 14.4. The molecule has 0 fully saturated rings. The number of hydrogen-bond donors (Lipinski definition) is 5. The van der Waals surface area contributed by atoms with Crippen molar-refractivity contribution in [2.45, 2.75) is 4.90 Å². The third-order valence-corrected chi connectivity index (χ3v) is 4.54. The molecular formula is C6H8O9P2S. The van der Waals surface area contributed by atoms with E-state index < -0.39 is 40.8 Å². The quantitative estimate of drug-likeness (QED) is 0.330. The maximum atomic E-state index is 11.0. The van der Waals surface area contributed by atoms with Gasteiger partial charge >= 0.3 is 15.2 Å². The van der Waals surface area contributed by atoms with Crippen LogP contribution in [0.1, 0.15) is 0 Å². The molecule has 18 heavy (non-hydrogen) atoms. The van der Waals surface area contributed by atoms with Gasteiger partial charge in [0.2, 0.25) is 0 Å². The van der Waals surface area contributed by atoms with E-state index in [0.717, 1.165) is 0 Å². The average molecular weight is 318 g/mol. The van der Waals surface area contributed by atoms with E-state index in [0.29, 0.717) is 18.2 Å². The lowest BCUT2D eigenvalue weighted by molar-refractivity contribution is 0.386. The fraction of sp³-hybridized carbons (Fsp3) is 0. The SMILES string of the molecule is O=P(O)(O)c1cc(P(=O)(O)O)cc(S(=O)(=O)O)c1. The zero-order valence-electron chi connectivity index (χ0n) is 8.40. The Kier molecular flexibility index (Phi) is 3.89. The van der Waals surface area contributed by atoms with E-state index in [2.05, 4.69) is 0 Å². The Bertz CT molecular complexity index is 626. The van der Waals surface area contributed by atoms with E-state index in [-0.39, 0.29) is 0 Å². The summed E-state index contributed by atoms with van der Waals surface area (Å²) in [5.74, 6) is 0. The van der Waals surface area contributed by atoms with Crippen LogP contribution in [0.2, 0.25) is 0 Å². The molecule has 9 nitrogen and oxygen atoms in total. The van der Waals surface area contributed by atoms with Crippen molar-refractivity contribution in [1.29, 1.82) is 0 Å². The monoisotopic (exact) mass is 318 g/mol. The second-order valence-corrected chi connectivity index (χ2v) is 7.88. The summed E-state index contributed by atoms with van der Waals surface area (Å²) in [4.78, 5) is 34.4. The van der Waals surface area contributed by atoms with Crippen LogP contribution in [0.5, 0.6) is 0 Å². The predicted octanol–water partition coefficient (Wildman–Crippen LogP) is -1.46. The number of rotatable bonds is 3. The Morgan fingerprint density at radius 3 is 1.39 bits per heavy atom. The lowest BCUT2D eigenvalue weighted by atomic mass is 10.4. The third kappa shape index (κ3) is 3.71. The van der Waals surface area contributed by atoms with Gasteiger partial charge in [0.15, 0.2) is 0 Å². The van der Waals surface area contributed by atoms with Crippen LogP contribution < -0.4 is 10.6 Å². The summed E-state index contributed by atoms with van der Waals surface area (Å²) in [6.07, 6.45) is 0. The van der Waals surface area contributed by atoms with Crippen LogP contribution in [0.4, 0.5) is 0 Å². The second kappa shape index (κ2) is 4.52. The second-order valence-electron chi connectivity index (χ2n) is 3.25. The molecule has 12 heteroatoms. The largest absolute Gasteiger partial charge is 0.356 e. The molecule has 0 unspecified atom stereocenters. The first-order valence-electron chi connectivity index (χ1n) is 4.06. The van der Waals surface area contributed by atoms with E-state index >= 15 is 0 Å². The molecule has 1 rings (SSSR count). The van der Waals surface area contributed by atoms with Gasteiger partial charge in [-0.1, -0.05) is 0 Å². The summed E-state index contributed by atoms with van der Waals surface area (Å²) in [5, 5.41) is -1.84. The van der Waals surface area contributed by atoms with Crippen LogP contribution in [-0.4, -0.2) is 32.5 Å². The van der Waals surface area contributed by atoms with E-state index in [1.807, 2.05) is 0 Å². The van der Waals surface area contributed by atoms with Crippen molar-refractivity contribution in [3.8, 4) is 0 Å². The van der Waals surface area contributed by atoms with Crippen molar-refractivity contribution >= 4 is 35.9 Å². The summed E-state index contributed by atoms with van der Waals surface area (Å²) in [7, 11) is -14.7. The highest BCUT2D eigenvalue weighted by Crippen LogP contribution is 2.38. The van der Waals surface area contributed by atoms with E-state index in [1.165, 1.54) is 0 Å². The van der Waals surface area contributed by atoms with E-state index in [9.17, 15) is 17.5 Å². The molecule has 0 saturated carbocycles. The highest BCUT2D eigenvalue weighted by Gasteiger charge is 2.27. The summed E-state index contributed by atoms with van der Waals surface area (Å²) >= 11 is 0. The normalized spacial score (nSPS) is 13.6. The average Bonchev–Trinajstić information content (AvgIpc) is 2.13. The molecule has 0 atom stereocenters. The molecule has 0 heterocycles. The van der Waals surface area contributed by atoms with E-state index in [4.69, 9.17) is 24.1 Å². The molecule has 0 saturated heterocycles. The van der Waals surface area contributed by atoms with Gasteiger partial charge in [-0.25, -0.2) is 0 Å². The highest BCUT2D eigenvalue weighted by atomic mass is 32.2. The zero-order valence-corrected chi connectivity index (χ0v) is 11.0. The molecule has 102 valence electrons. The van der Waals surface area contributed by atoms with Gasteiger partial charge in [0, 0.05) is 0 Å². The smallest absolute Gasteiger partial charge is 0.321 e. The van der Waals surface area contributed by atoms with Crippen LogP contribution in [0.3, 0.4) is 0 Å². The van der Waals surface area contributed by atoms with Crippen LogP contribution in [0.15, 0.2) is 23.1 Å². The molecule has 1 aromatic rings. The Balaban J connectivity index is 3.70. The van der Waals surface area contributed by atoms with Crippen molar-refractivity contribution in [3.63, 3.8) is 0 Å². The Morgan fingerprint density at radius 2 is 1.17 bits per heavy atom. The van der Waals surface area contributed by atoms with Gasteiger partial charge in [-0.3, -0.25) is 13.7 Å². The Morgan fingerprint density at radius 1 is 0.833 bits per heavy atom. The van der Waals surface area contributed by atoms with E-state index in [1.54, 1.807) is 0 Å². The Hall–Kier alpha value is -0.570. The summed E-state index contributed by atoms with van der Waals surface area (Å²) in [6, 6.07) is 1.36. The molecule has 0 aliphatic rings. The lowest BCUT2D eigenvalue weighted by Gasteiger charge is -2.10. The lowest BCUT2D eigenvalue weighted by Crippen LogP contribution is -2.17. The number of hydrogen-bond acceptors (Lipinski definition) is 4. The standard InChI is InChI=1S/C6H8O9P2S/c7-16(8,9)4-1-5(17(10,11)12)3-6(2-4)18(13,14)15/h1-3H,(H2,7,8,9)(H2,10,11,12)(H,13,14,15).